The summed E-state index contributed by atoms with van der Waals surface area (Å²) >= 11 is 1.39. The molecule has 0 spiro atoms. The highest BCUT2D eigenvalue weighted by atomic mass is 32.2. The lowest BCUT2D eigenvalue weighted by atomic mass is 9.98. The van der Waals surface area contributed by atoms with E-state index < -0.39 is 5.54 Å². The topological polar surface area (TPSA) is 70.7 Å². The number of thioether (sulfide) groups is 1. The molecule has 1 fully saturated rings. The van der Waals surface area contributed by atoms with E-state index in [0.717, 1.165) is 34.7 Å². The summed E-state index contributed by atoms with van der Waals surface area (Å²) in [4.78, 5) is 17.2. The van der Waals surface area contributed by atoms with Gasteiger partial charge in [-0.2, -0.15) is 5.26 Å². The Morgan fingerprint density at radius 2 is 1.96 bits per heavy atom. The van der Waals surface area contributed by atoms with Gasteiger partial charge in [0.25, 0.3) is 0 Å². The number of carbonyl (C=O) groups is 1. The molecule has 1 aliphatic carbocycles. The lowest BCUT2D eigenvalue weighted by molar-refractivity contribution is -0.119. The number of imidazole rings is 1. The number of fused-ring (bicyclic) bond motifs is 1. The maximum atomic E-state index is 12.5. The first kappa shape index (κ1) is 17.6. The second-order valence-electron chi connectivity index (χ2n) is 6.98. The van der Waals surface area contributed by atoms with E-state index in [1.807, 2.05) is 61.5 Å². The fourth-order valence-electron chi connectivity index (χ4n) is 3.27. The zero-order valence-electron chi connectivity index (χ0n) is 15.1. The molecule has 1 saturated carbocycles. The van der Waals surface area contributed by atoms with E-state index in [0.29, 0.717) is 0 Å². The van der Waals surface area contributed by atoms with Gasteiger partial charge >= 0.3 is 0 Å². The molecule has 2 aromatic carbocycles. The predicted octanol–water partition coefficient (Wildman–Crippen LogP) is 3.93. The number of nitrogens with one attached hydrogen (secondary N) is 1. The highest BCUT2D eigenvalue weighted by Crippen LogP contribution is 2.39. The van der Waals surface area contributed by atoms with Crippen molar-refractivity contribution < 1.29 is 4.79 Å². The molecule has 0 aliphatic heterocycles. The number of hydrogen-bond acceptors (Lipinski definition) is 4. The smallest absolute Gasteiger partial charge is 0.231 e. The average molecular weight is 376 g/mol. The van der Waals surface area contributed by atoms with Gasteiger partial charge < -0.3 is 5.32 Å². The number of nitriles is 1. The average Bonchev–Trinajstić information content (AvgIpc) is 3.48. The SMILES string of the molecule is C[C@](C#N)(NC(=O)CSc1nc2ccccc2n1-c1ccccc1)C1CC1. The van der Waals surface area contributed by atoms with Crippen molar-refractivity contribution in [1.29, 1.82) is 5.26 Å². The van der Waals surface area contributed by atoms with Gasteiger partial charge in [0.2, 0.25) is 5.91 Å². The third kappa shape index (κ3) is 3.56. The summed E-state index contributed by atoms with van der Waals surface area (Å²) in [6.45, 7) is 1.81. The van der Waals surface area contributed by atoms with Gasteiger partial charge in [-0.15, -0.1) is 0 Å². The number of para-hydroxylation sites is 3. The van der Waals surface area contributed by atoms with Gasteiger partial charge in [-0.1, -0.05) is 42.1 Å². The van der Waals surface area contributed by atoms with E-state index in [1.165, 1.54) is 11.8 Å². The van der Waals surface area contributed by atoms with E-state index >= 15 is 0 Å². The summed E-state index contributed by atoms with van der Waals surface area (Å²) < 4.78 is 2.07. The van der Waals surface area contributed by atoms with Crippen molar-refractivity contribution in [3.63, 3.8) is 0 Å². The Hall–Kier alpha value is -2.78. The van der Waals surface area contributed by atoms with Crippen LogP contribution in [0.4, 0.5) is 0 Å². The van der Waals surface area contributed by atoms with Crippen LogP contribution in [-0.2, 0) is 4.79 Å². The highest BCUT2D eigenvalue weighted by Gasteiger charge is 2.42. The van der Waals surface area contributed by atoms with Gasteiger partial charge in [0.05, 0.1) is 22.9 Å². The number of aromatic nitrogens is 2. The van der Waals surface area contributed by atoms with Gasteiger partial charge in [0, 0.05) is 5.69 Å². The summed E-state index contributed by atoms with van der Waals surface area (Å²) in [5.74, 6) is 0.355. The summed E-state index contributed by atoms with van der Waals surface area (Å²) in [6, 6.07) is 20.2. The lowest BCUT2D eigenvalue weighted by Crippen LogP contribution is -2.47. The van der Waals surface area contributed by atoms with Crippen LogP contribution in [0.15, 0.2) is 59.8 Å². The Kier molecular flexibility index (Phi) is 4.63. The second kappa shape index (κ2) is 7.09. The largest absolute Gasteiger partial charge is 0.337 e. The van der Waals surface area contributed by atoms with Crippen LogP contribution < -0.4 is 5.32 Å². The Morgan fingerprint density at radius 3 is 2.67 bits per heavy atom. The van der Waals surface area contributed by atoms with Gasteiger partial charge in [-0.05, 0) is 49.9 Å². The molecule has 0 bridgehead atoms. The van der Waals surface area contributed by atoms with E-state index in [-0.39, 0.29) is 17.6 Å². The Labute approximate surface area is 162 Å². The Morgan fingerprint density at radius 1 is 1.26 bits per heavy atom. The molecule has 1 amide bonds. The molecule has 4 rings (SSSR count). The van der Waals surface area contributed by atoms with Gasteiger partial charge in [0.15, 0.2) is 5.16 Å². The van der Waals surface area contributed by atoms with E-state index in [4.69, 9.17) is 4.98 Å². The van der Waals surface area contributed by atoms with Crippen LogP contribution in [0, 0.1) is 17.2 Å². The highest BCUT2D eigenvalue weighted by molar-refractivity contribution is 7.99. The van der Waals surface area contributed by atoms with Crippen LogP contribution in [0.2, 0.25) is 0 Å². The van der Waals surface area contributed by atoms with Crippen LogP contribution in [0.1, 0.15) is 19.8 Å². The van der Waals surface area contributed by atoms with Gasteiger partial charge in [0.1, 0.15) is 5.54 Å². The van der Waals surface area contributed by atoms with Gasteiger partial charge in [-0.3, -0.25) is 9.36 Å². The predicted molar refractivity (Wildman–Crippen MR) is 107 cm³/mol. The second-order valence-corrected chi connectivity index (χ2v) is 7.92. The number of carbonyl (C=O) groups excluding carboxylic acids is 1. The fraction of sp³-hybridized carbons (Fsp3) is 0.286. The first-order valence-electron chi connectivity index (χ1n) is 8.99. The minimum Gasteiger partial charge on any atom is -0.337 e. The minimum atomic E-state index is -0.767. The quantitative estimate of drug-likeness (QED) is 0.662. The molecule has 0 saturated heterocycles. The number of rotatable bonds is 6. The maximum Gasteiger partial charge on any atom is 0.231 e. The molecule has 1 atom stereocenters. The first-order valence-corrected chi connectivity index (χ1v) is 9.97. The summed E-state index contributed by atoms with van der Waals surface area (Å²) in [7, 11) is 0. The number of nitrogens with zero attached hydrogens (tertiary/aromatic N) is 3. The molecular formula is C21H20N4OS. The third-order valence-corrected chi connectivity index (χ3v) is 5.84. The van der Waals surface area contributed by atoms with E-state index in [2.05, 4.69) is 16.0 Å². The molecule has 1 aliphatic rings. The third-order valence-electron chi connectivity index (χ3n) is 4.90. The Balaban J connectivity index is 1.57. The van der Waals surface area contributed by atoms with Crippen LogP contribution >= 0.6 is 11.8 Å². The molecule has 27 heavy (non-hydrogen) atoms. The summed E-state index contributed by atoms with van der Waals surface area (Å²) in [5, 5.41) is 13.1. The Bertz CT molecular complexity index is 1020. The van der Waals surface area contributed by atoms with Crippen molar-refractivity contribution in [2.75, 3.05) is 5.75 Å². The molecule has 1 N–H and O–H groups in total. The van der Waals surface area contributed by atoms with Crippen molar-refractivity contribution >= 4 is 28.7 Å². The lowest BCUT2D eigenvalue weighted by Gasteiger charge is -2.22. The van der Waals surface area contributed by atoms with Crippen LogP contribution in [0.25, 0.3) is 16.7 Å². The number of hydrogen-bond donors (Lipinski definition) is 1. The normalized spacial score (nSPS) is 15.9. The molecule has 5 nitrogen and oxygen atoms in total. The van der Waals surface area contributed by atoms with Crippen molar-refractivity contribution in [3.05, 3.63) is 54.6 Å². The fourth-order valence-corrected chi connectivity index (χ4v) is 4.09. The van der Waals surface area contributed by atoms with Crippen LogP contribution in [0.3, 0.4) is 0 Å². The summed E-state index contributed by atoms with van der Waals surface area (Å²) in [6.07, 6.45) is 2.00. The van der Waals surface area contributed by atoms with Crippen LogP contribution in [0.5, 0.6) is 0 Å². The van der Waals surface area contributed by atoms with Crippen molar-refractivity contribution in [2.45, 2.75) is 30.5 Å². The molecule has 1 aromatic heterocycles. The monoisotopic (exact) mass is 376 g/mol. The first-order chi connectivity index (χ1) is 13.1. The summed E-state index contributed by atoms with van der Waals surface area (Å²) in [5.41, 5.74) is 2.14. The molecule has 136 valence electrons. The molecular weight excluding hydrogens is 356 g/mol. The van der Waals surface area contributed by atoms with Gasteiger partial charge in [-0.25, -0.2) is 4.98 Å². The van der Waals surface area contributed by atoms with E-state index in [9.17, 15) is 10.1 Å². The van der Waals surface area contributed by atoms with Crippen molar-refractivity contribution in [2.24, 2.45) is 5.92 Å². The molecule has 1 heterocycles. The molecule has 6 heteroatoms. The zero-order chi connectivity index (χ0) is 18.9. The van der Waals surface area contributed by atoms with Crippen molar-refractivity contribution in [1.82, 2.24) is 14.9 Å². The molecule has 3 aromatic rings. The van der Waals surface area contributed by atoms with E-state index in [1.54, 1.807) is 0 Å². The standard InChI is InChI=1S/C21H20N4OS/c1-21(14-22,15-11-12-15)24-19(26)13-27-20-23-17-9-5-6-10-18(17)25(20)16-7-3-2-4-8-16/h2-10,15H,11-13H2,1H3,(H,24,26)/t21-/m1/s1. The molecule has 0 radical (unpaired) electrons. The minimum absolute atomic E-state index is 0.136. The number of benzene rings is 2. The number of amides is 1. The van der Waals surface area contributed by atoms with Crippen LogP contribution in [-0.4, -0.2) is 26.8 Å². The zero-order valence-corrected chi connectivity index (χ0v) is 15.9. The molecule has 0 unspecified atom stereocenters. The maximum absolute atomic E-state index is 12.5. The van der Waals surface area contributed by atoms with Crippen molar-refractivity contribution in [3.8, 4) is 11.8 Å².